The van der Waals surface area contributed by atoms with Crippen molar-refractivity contribution in [3.05, 3.63) is 10.1 Å². The lowest BCUT2D eigenvalue weighted by Crippen LogP contribution is -2.28. The van der Waals surface area contributed by atoms with Gasteiger partial charge in [-0.15, -0.1) is 0 Å². The number of likely N-dealkylation sites (N-methyl/N-ethyl adjacent to an activating group) is 1. The topological polar surface area (TPSA) is 67.2 Å². The second-order valence-corrected chi connectivity index (χ2v) is 1.59. The summed E-state index contributed by atoms with van der Waals surface area (Å²) in [5.41, 5.74) is 0. The van der Waals surface area contributed by atoms with Gasteiger partial charge in [0.15, 0.2) is 0 Å². The lowest BCUT2D eigenvalue weighted by atomic mass is 10.6. The Balaban J connectivity index is 2.83. The van der Waals surface area contributed by atoms with Gasteiger partial charge < -0.3 is 5.32 Å². The molecule has 0 heterocycles. The van der Waals surface area contributed by atoms with Crippen LogP contribution in [0.3, 0.4) is 0 Å². The van der Waals surface area contributed by atoms with Gasteiger partial charge >= 0.3 is 0 Å². The molecule has 0 unspecified atom stereocenters. The number of nitrogens with zero attached hydrogens (tertiary/aromatic N) is 1. The zero-order valence-corrected chi connectivity index (χ0v) is 5.39. The van der Waals surface area contributed by atoms with E-state index in [9.17, 15) is 10.1 Å². The Kier molecular flexibility index (Phi) is 5.04. The minimum absolute atomic E-state index is 0.151. The van der Waals surface area contributed by atoms with E-state index in [1.54, 1.807) is 7.05 Å². The fraction of sp³-hybridized carbons (Fsp3) is 1.00. The molecule has 5 nitrogen and oxygen atoms in total. The van der Waals surface area contributed by atoms with Gasteiger partial charge in [-0.25, -0.2) is 0 Å². The first-order valence-corrected chi connectivity index (χ1v) is 2.74. The molecule has 0 fully saturated rings. The van der Waals surface area contributed by atoms with Gasteiger partial charge in [0.1, 0.15) is 0 Å². The largest absolute Gasteiger partial charge is 0.318 e. The number of rotatable bonds is 5. The minimum atomic E-state index is -0.393. The predicted octanol–water partition coefficient (Wildman–Crippen LogP) is -0.970. The van der Waals surface area contributed by atoms with Crippen molar-refractivity contribution in [2.45, 2.75) is 0 Å². The third-order valence-electron chi connectivity index (χ3n) is 0.793. The van der Waals surface area contributed by atoms with Crippen LogP contribution in [0.15, 0.2) is 0 Å². The molecule has 0 aromatic carbocycles. The summed E-state index contributed by atoms with van der Waals surface area (Å²) in [7, 11) is 1.80. The summed E-state index contributed by atoms with van der Waals surface area (Å²) < 4.78 is 0. The maximum absolute atomic E-state index is 9.69. The average molecular weight is 133 g/mol. The van der Waals surface area contributed by atoms with Crippen LogP contribution in [0.1, 0.15) is 0 Å². The van der Waals surface area contributed by atoms with E-state index < -0.39 is 4.92 Å². The summed E-state index contributed by atoms with van der Waals surface area (Å²) in [5, 5.41) is 15.2. The van der Waals surface area contributed by atoms with Gasteiger partial charge in [0.05, 0.1) is 0 Å². The Labute approximate surface area is 53.6 Å². The van der Waals surface area contributed by atoms with Gasteiger partial charge in [0.2, 0.25) is 0 Å². The van der Waals surface area contributed by atoms with Crippen LogP contribution in [0.25, 0.3) is 0 Å². The molecule has 54 valence electrons. The van der Waals surface area contributed by atoms with Gasteiger partial charge in [0, 0.05) is 18.0 Å². The molecule has 0 atom stereocenters. The molecule has 0 rings (SSSR count). The molecular weight excluding hydrogens is 122 g/mol. The van der Waals surface area contributed by atoms with E-state index in [-0.39, 0.29) is 6.67 Å². The highest BCUT2D eigenvalue weighted by molar-refractivity contribution is 4.41. The molecule has 0 bridgehead atoms. The second-order valence-electron chi connectivity index (χ2n) is 1.59. The molecule has 0 aromatic heterocycles. The maximum Gasteiger partial charge on any atom is 0.256 e. The van der Waals surface area contributed by atoms with Crippen molar-refractivity contribution in [2.75, 3.05) is 26.8 Å². The van der Waals surface area contributed by atoms with E-state index in [1.165, 1.54) is 0 Å². The molecule has 0 aliphatic rings. The molecule has 0 aliphatic carbocycles. The average Bonchev–Trinajstić information content (AvgIpc) is 1.80. The van der Waals surface area contributed by atoms with Crippen molar-refractivity contribution in [1.82, 2.24) is 10.6 Å². The van der Waals surface area contributed by atoms with Crippen LogP contribution in [0.2, 0.25) is 0 Å². The van der Waals surface area contributed by atoms with Gasteiger partial charge in [-0.2, -0.15) is 0 Å². The van der Waals surface area contributed by atoms with E-state index in [2.05, 4.69) is 10.6 Å². The third-order valence-corrected chi connectivity index (χ3v) is 0.793. The number of nitro groups is 1. The van der Waals surface area contributed by atoms with Crippen molar-refractivity contribution in [2.24, 2.45) is 0 Å². The quantitative estimate of drug-likeness (QED) is 0.219. The van der Waals surface area contributed by atoms with E-state index in [1.807, 2.05) is 0 Å². The molecule has 0 radical (unpaired) electrons. The van der Waals surface area contributed by atoms with Crippen LogP contribution in [-0.4, -0.2) is 31.7 Å². The van der Waals surface area contributed by atoms with Crippen LogP contribution in [0.4, 0.5) is 0 Å². The fourth-order valence-electron chi connectivity index (χ4n) is 0.384. The van der Waals surface area contributed by atoms with Gasteiger partial charge in [-0.05, 0) is 7.05 Å². The van der Waals surface area contributed by atoms with Gasteiger partial charge in [0.25, 0.3) is 6.67 Å². The van der Waals surface area contributed by atoms with Crippen LogP contribution in [0.5, 0.6) is 0 Å². The third kappa shape index (κ3) is 7.32. The van der Waals surface area contributed by atoms with E-state index in [0.29, 0.717) is 6.54 Å². The highest BCUT2D eigenvalue weighted by atomic mass is 16.6. The highest BCUT2D eigenvalue weighted by Gasteiger charge is 1.91. The van der Waals surface area contributed by atoms with E-state index in [4.69, 9.17) is 0 Å². The Morgan fingerprint density at radius 2 is 2.22 bits per heavy atom. The Bertz CT molecular complexity index is 85.9. The summed E-state index contributed by atoms with van der Waals surface area (Å²) in [5.74, 6) is 0. The normalized spacial score (nSPS) is 9.44. The zero-order chi connectivity index (χ0) is 7.11. The summed E-state index contributed by atoms with van der Waals surface area (Å²) in [6.07, 6.45) is 0. The maximum atomic E-state index is 9.69. The van der Waals surface area contributed by atoms with Crippen molar-refractivity contribution in [3.8, 4) is 0 Å². The zero-order valence-electron chi connectivity index (χ0n) is 5.39. The molecule has 0 aliphatic heterocycles. The number of hydrogen-bond acceptors (Lipinski definition) is 4. The number of hydrogen-bond donors (Lipinski definition) is 2. The van der Waals surface area contributed by atoms with Gasteiger partial charge in [-0.3, -0.25) is 15.4 Å². The van der Waals surface area contributed by atoms with E-state index >= 15 is 0 Å². The highest BCUT2D eigenvalue weighted by Crippen LogP contribution is 1.60. The van der Waals surface area contributed by atoms with Gasteiger partial charge in [-0.1, -0.05) is 0 Å². The molecule has 9 heavy (non-hydrogen) atoms. The van der Waals surface area contributed by atoms with Crippen LogP contribution < -0.4 is 10.6 Å². The summed E-state index contributed by atoms with van der Waals surface area (Å²) >= 11 is 0. The molecule has 2 N–H and O–H groups in total. The molecule has 0 aromatic rings. The smallest absolute Gasteiger partial charge is 0.256 e. The lowest BCUT2D eigenvalue weighted by molar-refractivity contribution is -0.485. The number of nitrogens with one attached hydrogen (secondary N) is 2. The Morgan fingerprint density at radius 3 is 2.67 bits per heavy atom. The summed E-state index contributed by atoms with van der Waals surface area (Å²) in [6, 6.07) is 0. The monoisotopic (exact) mass is 133 g/mol. The SMILES string of the molecule is CNCCNC[N+](=O)[O-]. The standard InChI is InChI=1S/C4H11N3O2/c1-5-2-3-6-4-7(8)9/h5-6H,2-4H2,1H3. The summed E-state index contributed by atoms with van der Waals surface area (Å²) in [6.45, 7) is 1.24. The second kappa shape index (κ2) is 5.46. The van der Waals surface area contributed by atoms with E-state index in [0.717, 1.165) is 6.54 Å². The first kappa shape index (κ1) is 8.32. The summed E-state index contributed by atoms with van der Waals surface area (Å²) in [4.78, 5) is 9.29. The first-order chi connectivity index (χ1) is 4.27. The lowest BCUT2D eigenvalue weighted by Gasteiger charge is -1.96. The van der Waals surface area contributed by atoms with Crippen LogP contribution >= 0.6 is 0 Å². The van der Waals surface area contributed by atoms with Crippen molar-refractivity contribution < 1.29 is 4.92 Å². The molecule has 0 amide bonds. The minimum Gasteiger partial charge on any atom is -0.318 e. The Morgan fingerprint density at radius 1 is 1.56 bits per heavy atom. The fourth-order valence-corrected chi connectivity index (χ4v) is 0.384. The molecule has 0 spiro atoms. The van der Waals surface area contributed by atoms with Crippen molar-refractivity contribution in [3.63, 3.8) is 0 Å². The predicted molar refractivity (Wildman–Crippen MR) is 33.8 cm³/mol. The molecule has 0 saturated heterocycles. The molecule has 0 saturated carbocycles. The van der Waals surface area contributed by atoms with Crippen LogP contribution in [0, 0.1) is 10.1 Å². The van der Waals surface area contributed by atoms with Crippen LogP contribution in [-0.2, 0) is 0 Å². The molecular formula is C4H11N3O2. The molecule has 5 heteroatoms. The van der Waals surface area contributed by atoms with Crippen molar-refractivity contribution >= 4 is 0 Å². The van der Waals surface area contributed by atoms with Crippen molar-refractivity contribution in [1.29, 1.82) is 0 Å². The first-order valence-electron chi connectivity index (χ1n) is 2.74. The Hall–Kier alpha value is -0.680.